The van der Waals surface area contributed by atoms with E-state index in [-0.39, 0.29) is 11.6 Å². The Morgan fingerprint density at radius 3 is 2.31 bits per heavy atom. The highest BCUT2D eigenvalue weighted by Crippen LogP contribution is 2.21. The van der Waals surface area contributed by atoms with E-state index in [1.54, 1.807) is 35.3 Å². The van der Waals surface area contributed by atoms with Crippen LogP contribution in [-0.2, 0) is 4.79 Å². The molecule has 1 aliphatic rings. The number of non-ortho nitro benzene ring substituents is 1. The highest BCUT2D eigenvalue weighted by atomic mass is 35.5. The zero-order valence-electron chi connectivity index (χ0n) is 14.0. The molecule has 0 aliphatic carbocycles. The van der Waals surface area contributed by atoms with Crippen LogP contribution in [0.15, 0.2) is 54.6 Å². The zero-order chi connectivity index (χ0) is 18.5. The van der Waals surface area contributed by atoms with Crippen molar-refractivity contribution in [2.45, 2.75) is 0 Å². The molecule has 3 rings (SSSR count). The maximum absolute atomic E-state index is 12.3. The fourth-order valence-corrected chi connectivity index (χ4v) is 3.05. The van der Waals surface area contributed by atoms with Crippen molar-refractivity contribution in [2.24, 2.45) is 0 Å². The molecule has 1 saturated heterocycles. The summed E-state index contributed by atoms with van der Waals surface area (Å²) in [7, 11) is 0. The van der Waals surface area contributed by atoms with Gasteiger partial charge in [0, 0.05) is 55.1 Å². The fourth-order valence-electron chi connectivity index (χ4n) is 2.85. The van der Waals surface area contributed by atoms with Gasteiger partial charge in [-0.25, -0.2) is 0 Å². The number of rotatable bonds is 4. The summed E-state index contributed by atoms with van der Waals surface area (Å²) in [5.41, 5.74) is 1.81. The zero-order valence-corrected chi connectivity index (χ0v) is 14.8. The highest BCUT2D eigenvalue weighted by Gasteiger charge is 2.20. The summed E-state index contributed by atoms with van der Waals surface area (Å²) < 4.78 is 0. The van der Waals surface area contributed by atoms with Crippen LogP contribution in [0, 0.1) is 10.1 Å². The molecule has 0 aromatic heterocycles. The van der Waals surface area contributed by atoms with Crippen molar-refractivity contribution < 1.29 is 9.72 Å². The van der Waals surface area contributed by atoms with Crippen molar-refractivity contribution in [1.82, 2.24) is 4.90 Å². The highest BCUT2D eigenvalue weighted by molar-refractivity contribution is 6.32. The van der Waals surface area contributed by atoms with Gasteiger partial charge in [0.05, 0.1) is 4.92 Å². The average Bonchev–Trinajstić information content (AvgIpc) is 2.67. The molecule has 0 N–H and O–H groups in total. The second-order valence-corrected chi connectivity index (χ2v) is 6.35. The molecule has 2 aromatic rings. The quantitative estimate of drug-likeness (QED) is 0.468. The van der Waals surface area contributed by atoms with Crippen molar-refractivity contribution in [2.75, 3.05) is 31.1 Å². The molecule has 0 saturated carbocycles. The molecule has 2 aromatic carbocycles. The minimum atomic E-state index is -0.411. The van der Waals surface area contributed by atoms with Gasteiger partial charge >= 0.3 is 0 Å². The van der Waals surface area contributed by atoms with Crippen LogP contribution >= 0.6 is 11.6 Å². The number of anilines is 1. The minimum absolute atomic E-state index is 0.0479. The Morgan fingerprint density at radius 1 is 1.04 bits per heavy atom. The molecule has 0 bridgehead atoms. The van der Waals surface area contributed by atoms with Crippen LogP contribution in [0.4, 0.5) is 11.4 Å². The average molecular weight is 372 g/mol. The first-order valence-corrected chi connectivity index (χ1v) is 8.63. The van der Waals surface area contributed by atoms with Crippen molar-refractivity contribution in [3.63, 3.8) is 0 Å². The van der Waals surface area contributed by atoms with Gasteiger partial charge in [0.2, 0.25) is 5.91 Å². The number of carbonyl (C=O) groups is 1. The molecule has 1 fully saturated rings. The summed E-state index contributed by atoms with van der Waals surface area (Å²) in [6.45, 7) is 2.57. The summed E-state index contributed by atoms with van der Waals surface area (Å²) in [5, 5.41) is 11.3. The summed E-state index contributed by atoms with van der Waals surface area (Å²) in [6, 6.07) is 13.9. The number of hydrogen-bond donors (Lipinski definition) is 0. The molecule has 0 radical (unpaired) electrons. The minimum Gasteiger partial charge on any atom is -0.368 e. The predicted molar refractivity (Wildman–Crippen MR) is 102 cm³/mol. The lowest BCUT2D eigenvalue weighted by Gasteiger charge is -2.35. The topological polar surface area (TPSA) is 66.7 Å². The largest absolute Gasteiger partial charge is 0.368 e. The standard InChI is InChI=1S/C19H18ClN3O3/c20-18-4-2-1-3-15(18)5-10-19(24)22-13-11-21(12-14-22)16-6-8-17(9-7-16)23(25)26/h1-10H,11-14H2. The Bertz CT molecular complexity index is 828. The van der Waals surface area contributed by atoms with Gasteiger partial charge in [0.15, 0.2) is 0 Å². The van der Waals surface area contributed by atoms with Crippen LogP contribution in [-0.4, -0.2) is 41.9 Å². The van der Waals surface area contributed by atoms with Crippen LogP contribution in [0.3, 0.4) is 0 Å². The number of nitrogens with zero attached hydrogens (tertiary/aromatic N) is 3. The molecular formula is C19H18ClN3O3. The number of piperazine rings is 1. The van der Waals surface area contributed by atoms with E-state index in [4.69, 9.17) is 11.6 Å². The first-order valence-electron chi connectivity index (χ1n) is 8.25. The summed E-state index contributed by atoms with van der Waals surface area (Å²) >= 11 is 6.09. The maximum Gasteiger partial charge on any atom is 0.269 e. The van der Waals surface area contributed by atoms with Gasteiger partial charge in [-0.1, -0.05) is 29.8 Å². The molecule has 0 spiro atoms. The van der Waals surface area contributed by atoms with Gasteiger partial charge in [-0.2, -0.15) is 0 Å². The van der Waals surface area contributed by atoms with Crippen LogP contribution in [0.5, 0.6) is 0 Å². The molecule has 6 nitrogen and oxygen atoms in total. The summed E-state index contributed by atoms with van der Waals surface area (Å²) in [5.74, 6) is -0.0479. The Labute approximate surface area is 156 Å². The summed E-state index contributed by atoms with van der Waals surface area (Å²) in [4.78, 5) is 26.6. The molecule has 7 heteroatoms. The van der Waals surface area contributed by atoms with Crippen molar-refractivity contribution in [3.05, 3.63) is 75.3 Å². The molecule has 26 heavy (non-hydrogen) atoms. The lowest BCUT2D eigenvalue weighted by atomic mass is 10.2. The van der Waals surface area contributed by atoms with Gasteiger partial charge in [-0.05, 0) is 29.8 Å². The normalized spacial score (nSPS) is 14.7. The van der Waals surface area contributed by atoms with Crippen LogP contribution in [0.25, 0.3) is 6.08 Å². The number of nitro groups is 1. The van der Waals surface area contributed by atoms with Crippen LogP contribution < -0.4 is 4.90 Å². The first-order chi connectivity index (χ1) is 12.5. The number of benzene rings is 2. The van der Waals surface area contributed by atoms with Crippen LogP contribution in [0.2, 0.25) is 5.02 Å². The summed E-state index contributed by atoms with van der Waals surface area (Å²) in [6.07, 6.45) is 3.27. The number of halogens is 1. The number of amides is 1. The van der Waals surface area contributed by atoms with Crippen molar-refractivity contribution >= 4 is 35.0 Å². The van der Waals surface area contributed by atoms with Gasteiger partial charge in [0.1, 0.15) is 0 Å². The van der Waals surface area contributed by atoms with E-state index in [9.17, 15) is 14.9 Å². The molecular weight excluding hydrogens is 354 g/mol. The third kappa shape index (κ3) is 4.21. The van der Waals surface area contributed by atoms with E-state index in [0.717, 1.165) is 11.3 Å². The van der Waals surface area contributed by atoms with Crippen LogP contribution in [0.1, 0.15) is 5.56 Å². The van der Waals surface area contributed by atoms with E-state index in [1.165, 1.54) is 12.1 Å². The third-order valence-corrected chi connectivity index (χ3v) is 4.67. The smallest absolute Gasteiger partial charge is 0.269 e. The van der Waals surface area contributed by atoms with E-state index < -0.39 is 4.92 Å². The van der Waals surface area contributed by atoms with E-state index in [0.29, 0.717) is 31.2 Å². The molecule has 1 amide bonds. The number of nitro benzene ring substituents is 1. The Balaban J connectivity index is 1.57. The van der Waals surface area contributed by atoms with E-state index in [2.05, 4.69) is 4.90 Å². The van der Waals surface area contributed by atoms with Gasteiger partial charge in [-0.15, -0.1) is 0 Å². The van der Waals surface area contributed by atoms with E-state index in [1.807, 2.05) is 18.2 Å². The maximum atomic E-state index is 12.3. The predicted octanol–water partition coefficient (Wildman–Crippen LogP) is 3.61. The van der Waals surface area contributed by atoms with Gasteiger partial charge in [-0.3, -0.25) is 14.9 Å². The van der Waals surface area contributed by atoms with Gasteiger partial charge < -0.3 is 9.80 Å². The lowest BCUT2D eigenvalue weighted by molar-refractivity contribution is -0.384. The Hall–Kier alpha value is -2.86. The fraction of sp³-hybridized carbons (Fsp3) is 0.211. The second-order valence-electron chi connectivity index (χ2n) is 5.94. The molecule has 0 unspecified atom stereocenters. The Kier molecular flexibility index (Phi) is 5.53. The monoisotopic (exact) mass is 371 g/mol. The first kappa shape index (κ1) is 17.9. The van der Waals surface area contributed by atoms with E-state index >= 15 is 0 Å². The SMILES string of the molecule is O=C(C=Cc1ccccc1Cl)N1CCN(c2ccc([N+](=O)[O-])cc2)CC1. The lowest BCUT2D eigenvalue weighted by Crippen LogP contribution is -2.48. The van der Waals surface area contributed by atoms with Crippen molar-refractivity contribution in [1.29, 1.82) is 0 Å². The molecule has 1 aliphatic heterocycles. The van der Waals surface area contributed by atoms with Crippen molar-refractivity contribution in [3.8, 4) is 0 Å². The van der Waals surface area contributed by atoms with Gasteiger partial charge in [0.25, 0.3) is 5.69 Å². The third-order valence-electron chi connectivity index (χ3n) is 4.33. The Morgan fingerprint density at radius 2 is 1.69 bits per heavy atom. The molecule has 0 atom stereocenters. The number of carbonyl (C=O) groups excluding carboxylic acids is 1. The number of hydrogen-bond acceptors (Lipinski definition) is 4. The molecule has 1 heterocycles. The second kappa shape index (κ2) is 8.01. The molecule has 134 valence electrons.